The van der Waals surface area contributed by atoms with Gasteiger partial charge in [0.1, 0.15) is 11.4 Å². The summed E-state index contributed by atoms with van der Waals surface area (Å²) in [5.41, 5.74) is -1.35. The molecule has 0 saturated carbocycles. The number of rotatable bonds is 5. The molecule has 0 unspecified atom stereocenters. The summed E-state index contributed by atoms with van der Waals surface area (Å²) in [6, 6.07) is 2.77. The zero-order valence-corrected chi connectivity index (χ0v) is 14.1. The molecule has 0 heterocycles. The normalized spacial score (nSPS) is 12.1. The lowest BCUT2D eigenvalue weighted by molar-refractivity contribution is -0.137. The van der Waals surface area contributed by atoms with Crippen LogP contribution in [0.2, 0.25) is 0 Å². The molecule has 0 aliphatic carbocycles. The molecule has 0 aromatic heterocycles. The van der Waals surface area contributed by atoms with E-state index in [1.54, 1.807) is 20.8 Å². The Balaban J connectivity index is 2.48. The molecule has 0 bridgehead atoms. The maximum absolute atomic E-state index is 12.7. The van der Waals surface area contributed by atoms with Crippen molar-refractivity contribution in [2.45, 2.75) is 39.2 Å². The zero-order chi connectivity index (χ0) is 18.5. The van der Waals surface area contributed by atoms with Crippen molar-refractivity contribution in [1.82, 2.24) is 4.90 Å². The van der Waals surface area contributed by atoms with Gasteiger partial charge in [-0.05, 0) is 44.5 Å². The lowest BCUT2D eigenvalue weighted by Crippen LogP contribution is -2.36. The fourth-order valence-corrected chi connectivity index (χ4v) is 1.74. The smallest absolute Gasteiger partial charge is 0.416 e. The Hall–Kier alpha value is -1.96. The first-order chi connectivity index (χ1) is 10.9. The number of phenols is 1. The minimum atomic E-state index is -4.54. The van der Waals surface area contributed by atoms with Gasteiger partial charge in [0.05, 0.1) is 18.8 Å². The largest absolute Gasteiger partial charge is 0.508 e. The van der Waals surface area contributed by atoms with Gasteiger partial charge in [0.2, 0.25) is 0 Å². The van der Waals surface area contributed by atoms with Crippen LogP contribution in [-0.4, -0.2) is 41.9 Å². The number of ether oxygens (including phenoxy) is 2. The third kappa shape index (κ3) is 7.08. The number of alkyl halides is 3. The Morgan fingerprint density at radius 3 is 2.38 bits per heavy atom. The average Bonchev–Trinajstić information content (AvgIpc) is 2.40. The fourth-order valence-electron chi connectivity index (χ4n) is 1.74. The van der Waals surface area contributed by atoms with Crippen LogP contribution in [0.15, 0.2) is 18.2 Å². The summed E-state index contributed by atoms with van der Waals surface area (Å²) in [5.74, 6) is -0.478. The van der Waals surface area contributed by atoms with Crippen LogP contribution >= 0.6 is 0 Å². The number of hydrogen-bond donors (Lipinski definition) is 1. The van der Waals surface area contributed by atoms with Gasteiger partial charge >= 0.3 is 12.3 Å². The molecule has 1 amide bonds. The molecule has 24 heavy (non-hydrogen) atoms. The van der Waals surface area contributed by atoms with Crippen LogP contribution in [0.3, 0.4) is 0 Å². The van der Waals surface area contributed by atoms with Crippen molar-refractivity contribution in [3.8, 4) is 5.75 Å². The van der Waals surface area contributed by atoms with Gasteiger partial charge in [0, 0.05) is 13.6 Å². The van der Waals surface area contributed by atoms with E-state index >= 15 is 0 Å². The van der Waals surface area contributed by atoms with Gasteiger partial charge in [-0.3, -0.25) is 0 Å². The Morgan fingerprint density at radius 1 is 1.21 bits per heavy atom. The van der Waals surface area contributed by atoms with E-state index in [1.165, 1.54) is 18.0 Å². The number of likely N-dealkylation sites (N-methyl/N-ethyl adjacent to an activating group) is 1. The minimum absolute atomic E-state index is 0.111. The number of benzene rings is 1. The van der Waals surface area contributed by atoms with E-state index in [2.05, 4.69) is 0 Å². The summed E-state index contributed by atoms with van der Waals surface area (Å²) < 4.78 is 48.4. The van der Waals surface area contributed by atoms with E-state index in [9.17, 15) is 23.1 Å². The van der Waals surface area contributed by atoms with Crippen molar-refractivity contribution < 1.29 is 32.5 Å². The highest BCUT2D eigenvalue weighted by Gasteiger charge is 2.31. The van der Waals surface area contributed by atoms with Gasteiger partial charge in [-0.15, -0.1) is 0 Å². The Labute approximate surface area is 139 Å². The van der Waals surface area contributed by atoms with Crippen LogP contribution in [0.4, 0.5) is 18.0 Å². The summed E-state index contributed by atoms with van der Waals surface area (Å²) in [6.45, 7) is 5.46. The maximum Gasteiger partial charge on any atom is 0.416 e. The van der Waals surface area contributed by atoms with E-state index < -0.39 is 29.2 Å². The zero-order valence-electron chi connectivity index (χ0n) is 14.1. The van der Waals surface area contributed by atoms with Crippen molar-refractivity contribution in [1.29, 1.82) is 0 Å². The first-order valence-corrected chi connectivity index (χ1v) is 7.30. The number of hydrogen-bond acceptors (Lipinski definition) is 4. The predicted molar refractivity (Wildman–Crippen MR) is 81.6 cm³/mol. The molecule has 8 heteroatoms. The molecule has 0 spiro atoms. The molecule has 1 rings (SSSR count). The monoisotopic (exact) mass is 349 g/mol. The van der Waals surface area contributed by atoms with Gasteiger partial charge < -0.3 is 19.5 Å². The topological polar surface area (TPSA) is 59.0 Å². The van der Waals surface area contributed by atoms with Crippen LogP contribution in [0.25, 0.3) is 0 Å². The van der Waals surface area contributed by atoms with Crippen LogP contribution in [0.1, 0.15) is 31.9 Å². The van der Waals surface area contributed by atoms with Crippen molar-refractivity contribution in [2.24, 2.45) is 0 Å². The minimum Gasteiger partial charge on any atom is -0.508 e. The third-order valence-electron chi connectivity index (χ3n) is 2.85. The van der Waals surface area contributed by atoms with E-state index in [1.807, 2.05) is 0 Å². The summed E-state index contributed by atoms with van der Waals surface area (Å²) in [7, 11) is 1.54. The molecule has 5 nitrogen and oxygen atoms in total. The maximum atomic E-state index is 12.7. The van der Waals surface area contributed by atoms with Crippen LogP contribution in [-0.2, 0) is 22.3 Å². The van der Waals surface area contributed by atoms with E-state index in [4.69, 9.17) is 9.47 Å². The lowest BCUT2D eigenvalue weighted by atomic mass is 10.1. The van der Waals surface area contributed by atoms with Gasteiger partial charge in [-0.2, -0.15) is 13.2 Å². The Bertz CT molecular complexity index is 567. The summed E-state index contributed by atoms with van der Waals surface area (Å²) in [4.78, 5) is 13.0. The average molecular weight is 349 g/mol. The van der Waals surface area contributed by atoms with Crippen LogP contribution in [0, 0.1) is 0 Å². The number of amides is 1. The molecule has 1 aromatic rings. The first-order valence-electron chi connectivity index (χ1n) is 7.30. The third-order valence-corrected chi connectivity index (χ3v) is 2.85. The first kappa shape index (κ1) is 20.1. The van der Waals surface area contributed by atoms with Gasteiger partial charge in [0.15, 0.2) is 0 Å². The molecule has 0 atom stereocenters. The van der Waals surface area contributed by atoms with E-state index in [0.717, 1.165) is 6.07 Å². The van der Waals surface area contributed by atoms with E-state index in [-0.39, 0.29) is 25.3 Å². The molecule has 0 aliphatic rings. The quantitative estimate of drug-likeness (QED) is 0.822. The molecule has 0 saturated heterocycles. The molecule has 0 aliphatic heterocycles. The second-order valence-corrected chi connectivity index (χ2v) is 6.34. The van der Waals surface area contributed by atoms with Gasteiger partial charge in [-0.1, -0.05) is 0 Å². The molecule has 0 fully saturated rings. The molecular weight excluding hydrogens is 327 g/mol. The molecule has 0 radical (unpaired) electrons. The number of carbonyl (C=O) groups is 1. The highest BCUT2D eigenvalue weighted by atomic mass is 19.4. The molecular formula is C16H22F3NO4. The predicted octanol–water partition coefficient (Wildman–Crippen LogP) is 3.79. The number of nitrogens with zero attached hydrogens (tertiary/aromatic N) is 1. The van der Waals surface area contributed by atoms with Gasteiger partial charge in [0.25, 0.3) is 0 Å². The van der Waals surface area contributed by atoms with Gasteiger partial charge in [-0.25, -0.2) is 4.79 Å². The number of aromatic hydroxyl groups is 1. The Morgan fingerprint density at radius 2 is 1.83 bits per heavy atom. The standard InChI is InChI=1S/C16H22F3NO4/c1-15(2,3)24-14(22)20(4)5-6-23-10-11-7-12(16(17,18)19)9-13(21)8-11/h7-9,21H,5-6,10H2,1-4H3. The van der Waals surface area contributed by atoms with Crippen LogP contribution < -0.4 is 0 Å². The number of carbonyl (C=O) groups excluding carboxylic acids is 1. The SMILES string of the molecule is CN(CCOCc1cc(O)cc(C(F)(F)F)c1)C(=O)OC(C)(C)C. The summed E-state index contributed by atoms with van der Waals surface area (Å²) in [6.07, 6.45) is -5.05. The van der Waals surface area contributed by atoms with Crippen molar-refractivity contribution >= 4 is 6.09 Å². The molecule has 1 N–H and O–H groups in total. The number of halogens is 3. The van der Waals surface area contributed by atoms with E-state index in [0.29, 0.717) is 6.07 Å². The van der Waals surface area contributed by atoms with Crippen molar-refractivity contribution in [3.63, 3.8) is 0 Å². The highest BCUT2D eigenvalue weighted by Crippen LogP contribution is 2.32. The second kappa shape index (κ2) is 7.74. The van der Waals surface area contributed by atoms with Crippen molar-refractivity contribution in [3.05, 3.63) is 29.3 Å². The fraction of sp³-hybridized carbons (Fsp3) is 0.562. The lowest BCUT2D eigenvalue weighted by Gasteiger charge is -2.24. The summed E-state index contributed by atoms with van der Waals surface area (Å²) in [5, 5.41) is 9.36. The molecule has 1 aromatic carbocycles. The van der Waals surface area contributed by atoms with Crippen molar-refractivity contribution in [2.75, 3.05) is 20.2 Å². The van der Waals surface area contributed by atoms with Crippen LogP contribution in [0.5, 0.6) is 5.75 Å². The molecule has 136 valence electrons. The summed E-state index contributed by atoms with van der Waals surface area (Å²) >= 11 is 0. The highest BCUT2D eigenvalue weighted by molar-refractivity contribution is 5.67. The number of phenolic OH excluding ortho intramolecular Hbond substituents is 1. The second-order valence-electron chi connectivity index (χ2n) is 6.34. The Kier molecular flexibility index (Phi) is 6.48.